The van der Waals surface area contributed by atoms with E-state index in [1.54, 1.807) is 19.0 Å². The summed E-state index contributed by atoms with van der Waals surface area (Å²) in [5.41, 5.74) is 2.31. The van der Waals surface area contributed by atoms with Gasteiger partial charge in [-0.3, -0.25) is 9.59 Å². The van der Waals surface area contributed by atoms with Crippen molar-refractivity contribution in [2.24, 2.45) is 0 Å². The van der Waals surface area contributed by atoms with Crippen LogP contribution in [0.1, 0.15) is 24.8 Å². The SMILES string of the molecule is CCN(CC(=O)N(C)C)C(=O)CC1CNc2ccccc21. The highest BCUT2D eigenvalue weighted by atomic mass is 16.2. The molecule has 1 atom stereocenters. The first kappa shape index (κ1) is 15.4. The molecule has 5 nitrogen and oxygen atoms in total. The molecule has 0 spiro atoms. The van der Waals surface area contributed by atoms with Crippen LogP contribution in [0.3, 0.4) is 0 Å². The molecule has 1 aliphatic heterocycles. The van der Waals surface area contributed by atoms with E-state index in [2.05, 4.69) is 11.4 Å². The predicted molar refractivity (Wildman–Crippen MR) is 83.2 cm³/mol. The summed E-state index contributed by atoms with van der Waals surface area (Å²) in [6, 6.07) is 8.09. The fourth-order valence-corrected chi connectivity index (χ4v) is 2.56. The van der Waals surface area contributed by atoms with Gasteiger partial charge in [-0.05, 0) is 18.6 Å². The van der Waals surface area contributed by atoms with E-state index in [-0.39, 0.29) is 24.3 Å². The van der Waals surface area contributed by atoms with Gasteiger partial charge in [-0.2, -0.15) is 0 Å². The number of fused-ring (bicyclic) bond motifs is 1. The largest absolute Gasteiger partial charge is 0.384 e. The number of nitrogens with zero attached hydrogens (tertiary/aromatic N) is 2. The Morgan fingerprint density at radius 2 is 1.95 bits per heavy atom. The Balaban J connectivity index is 1.99. The number of amides is 2. The van der Waals surface area contributed by atoms with E-state index in [4.69, 9.17) is 0 Å². The molecule has 1 aliphatic rings. The molecule has 0 aromatic heterocycles. The Labute approximate surface area is 125 Å². The highest BCUT2D eigenvalue weighted by Gasteiger charge is 2.26. The van der Waals surface area contributed by atoms with Crippen molar-refractivity contribution >= 4 is 17.5 Å². The standard InChI is InChI=1S/C16H23N3O2/c1-4-19(11-16(21)18(2)3)15(20)9-12-10-17-14-8-6-5-7-13(12)14/h5-8,12,17H,4,9-11H2,1-3H3. The molecule has 2 amide bonds. The topological polar surface area (TPSA) is 52.7 Å². The predicted octanol–water partition coefficient (Wildman–Crippen LogP) is 1.52. The van der Waals surface area contributed by atoms with Crippen LogP contribution in [-0.2, 0) is 9.59 Å². The maximum absolute atomic E-state index is 12.4. The first-order valence-corrected chi connectivity index (χ1v) is 7.33. The van der Waals surface area contributed by atoms with Crippen molar-refractivity contribution in [3.63, 3.8) is 0 Å². The molecule has 2 rings (SSSR count). The Kier molecular flexibility index (Phi) is 4.83. The number of carbonyl (C=O) groups excluding carboxylic acids is 2. The van der Waals surface area contributed by atoms with Crippen LogP contribution in [0.4, 0.5) is 5.69 Å². The van der Waals surface area contributed by atoms with Crippen molar-refractivity contribution in [2.45, 2.75) is 19.3 Å². The molecule has 0 saturated heterocycles. The molecule has 0 fully saturated rings. The second kappa shape index (κ2) is 6.61. The molecular formula is C16H23N3O2. The molecule has 21 heavy (non-hydrogen) atoms. The van der Waals surface area contributed by atoms with E-state index in [9.17, 15) is 9.59 Å². The fourth-order valence-electron chi connectivity index (χ4n) is 2.56. The summed E-state index contributed by atoms with van der Waals surface area (Å²) in [6.45, 7) is 3.40. The number of rotatable bonds is 5. The van der Waals surface area contributed by atoms with Gasteiger partial charge in [0.05, 0.1) is 6.54 Å². The van der Waals surface area contributed by atoms with Crippen LogP contribution >= 0.6 is 0 Å². The van der Waals surface area contributed by atoms with E-state index in [0.717, 1.165) is 12.2 Å². The van der Waals surface area contributed by atoms with Crippen molar-refractivity contribution < 1.29 is 9.59 Å². The van der Waals surface area contributed by atoms with Gasteiger partial charge in [-0.1, -0.05) is 18.2 Å². The van der Waals surface area contributed by atoms with Gasteiger partial charge in [-0.25, -0.2) is 0 Å². The van der Waals surface area contributed by atoms with Crippen LogP contribution in [0, 0.1) is 0 Å². The van der Waals surface area contributed by atoms with E-state index in [0.29, 0.717) is 13.0 Å². The number of hydrogen-bond acceptors (Lipinski definition) is 3. The molecule has 0 radical (unpaired) electrons. The van der Waals surface area contributed by atoms with Gasteiger partial charge in [-0.15, -0.1) is 0 Å². The third kappa shape index (κ3) is 3.54. The molecule has 114 valence electrons. The maximum atomic E-state index is 12.4. The lowest BCUT2D eigenvalue weighted by atomic mass is 9.97. The van der Waals surface area contributed by atoms with Gasteiger partial charge in [0.15, 0.2) is 0 Å². The molecule has 0 aliphatic carbocycles. The highest BCUT2D eigenvalue weighted by Crippen LogP contribution is 2.33. The van der Waals surface area contributed by atoms with Gasteiger partial charge < -0.3 is 15.1 Å². The number of carbonyl (C=O) groups is 2. The van der Waals surface area contributed by atoms with Crippen LogP contribution in [0.2, 0.25) is 0 Å². The van der Waals surface area contributed by atoms with Gasteiger partial charge in [0.1, 0.15) is 0 Å². The molecule has 1 aromatic carbocycles. The van der Waals surface area contributed by atoms with Crippen LogP contribution < -0.4 is 5.32 Å². The number of nitrogens with one attached hydrogen (secondary N) is 1. The Hall–Kier alpha value is -2.04. The molecule has 1 heterocycles. The Morgan fingerprint density at radius 3 is 2.62 bits per heavy atom. The minimum atomic E-state index is -0.0462. The lowest BCUT2D eigenvalue weighted by Crippen LogP contribution is -2.40. The van der Waals surface area contributed by atoms with Crippen molar-refractivity contribution in [3.05, 3.63) is 29.8 Å². The molecular weight excluding hydrogens is 266 g/mol. The highest BCUT2D eigenvalue weighted by molar-refractivity contribution is 5.85. The second-order valence-electron chi connectivity index (χ2n) is 5.57. The number of hydrogen-bond donors (Lipinski definition) is 1. The fraction of sp³-hybridized carbons (Fsp3) is 0.500. The molecule has 5 heteroatoms. The van der Waals surface area contributed by atoms with Crippen molar-refractivity contribution in [1.82, 2.24) is 9.80 Å². The molecule has 0 bridgehead atoms. The third-order valence-corrected chi connectivity index (χ3v) is 3.92. The van der Waals surface area contributed by atoms with Crippen molar-refractivity contribution in [1.29, 1.82) is 0 Å². The molecule has 1 aromatic rings. The van der Waals surface area contributed by atoms with Crippen molar-refractivity contribution in [3.8, 4) is 0 Å². The van der Waals surface area contributed by atoms with E-state index >= 15 is 0 Å². The summed E-state index contributed by atoms with van der Waals surface area (Å²) in [7, 11) is 3.41. The molecule has 0 saturated carbocycles. The van der Waals surface area contributed by atoms with Gasteiger partial charge in [0.25, 0.3) is 0 Å². The van der Waals surface area contributed by atoms with E-state index in [1.165, 1.54) is 10.5 Å². The van der Waals surface area contributed by atoms with E-state index < -0.39 is 0 Å². The lowest BCUT2D eigenvalue weighted by molar-refractivity contribution is -0.139. The smallest absolute Gasteiger partial charge is 0.241 e. The summed E-state index contributed by atoms with van der Waals surface area (Å²) in [6.07, 6.45) is 0.443. The summed E-state index contributed by atoms with van der Waals surface area (Å²) in [5, 5.41) is 3.33. The first-order valence-electron chi connectivity index (χ1n) is 7.33. The Morgan fingerprint density at radius 1 is 1.24 bits per heavy atom. The summed E-state index contributed by atoms with van der Waals surface area (Å²) in [5.74, 6) is 0.184. The summed E-state index contributed by atoms with van der Waals surface area (Å²) >= 11 is 0. The van der Waals surface area contributed by atoms with Crippen LogP contribution in [0.15, 0.2) is 24.3 Å². The third-order valence-electron chi connectivity index (χ3n) is 3.92. The number of benzene rings is 1. The summed E-state index contributed by atoms with van der Waals surface area (Å²) < 4.78 is 0. The van der Waals surface area contributed by atoms with Gasteiger partial charge >= 0.3 is 0 Å². The van der Waals surface area contributed by atoms with E-state index in [1.807, 2.05) is 25.1 Å². The first-order chi connectivity index (χ1) is 10.0. The number of para-hydroxylation sites is 1. The monoisotopic (exact) mass is 289 g/mol. The minimum Gasteiger partial charge on any atom is -0.384 e. The van der Waals surface area contributed by atoms with Crippen LogP contribution in [0.25, 0.3) is 0 Å². The maximum Gasteiger partial charge on any atom is 0.241 e. The number of likely N-dealkylation sites (N-methyl/N-ethyl adjacent to an activating group) is 2. The zero-order valence-corrected chi connectivity index (χ0v) is 12.9. The average molecular weight is 289 g/mol. The van der Waals surface area contributed by atoms with Gasteiger partial charge in [0, 0.05) is 45.2 Å². The molecule has 1 unspecified atom stereocenters. The second-order valence-corrected chi connectivity index (χ2v) is 5.57. The van der Waals surface area contributed by atoms with Crippen LogP contribution in [-0.4, -0.2) is 55.3 Å². The van der Waals surface area contributed by atoms with Gasteiger partial charge in [0.2, 0.25) is 11.8 Å². The zero-order valence-electron chi connectivity index (χ0n) is 12.9. The average Bonchev–Trinajstić information content (AvgIpc) is 2.87. The lowest BCUT2D eigenvalue weighted by Gasteiger charge is -2.23. The zero-order chi connectivity index (χ0) is 15.4. The minimum absolute atomic E-state index is 0.0382. The number of anilines is 1. The Bertz CT molecular complexity index is 528. The molecule has 1 N–H and O–H groups in total. The summed E-state index contributed by atoms with van der Waals surface area (Å²) in [4.78, 5) is 27.3. The van der Waals surface area contributed by atoms with Crippen LogP contribution in [0.5, 0.6) is 0 Å². The normalized spacial score (nSPS) is 16.0. The quantitative estimate of drug-likeness (QED) is 0.894. The van der Waals surface area contributed by atoms with Crippen molar-refractivity contribution in [2.75, 3.05) is 39.0 Å².